The van der Waals surface area contributed by atoms with Gasteiger partial charge in [0.25, 0.3) is 0 Å². The number of nitrogens with zero attached hydrogens (tertiary/aromatic N) is 2. The van der Waals surface area contributed by atoms with E-state index in [0.717, 1.165) is 22.0 Å². The minimum Gasteiger partial charge on any atom is -0.575 e. The van der Waals surface area contributed by atoms with Crippen LogP contribution in [0, 0.1) is 5.41 Å². The average molecular weight is 393 g/mol. The van der Waals surface area contributed by atoms with Crippen LogP contribution in [0.15, 0.2) is 54.7 Å². The smallest absolute Gasteiger partial charge is 0.575 e. The third kappa shape index (κ3) is 3.72. The largest absolute Gasteiger partial charge is 1.00 e. The van der Waals surface area contributed by atoms with Crippen LogP contribution in [0.3, 0.4) is 0 Å². The number of rotatable bonds is 4. The Morgan fingerprint density at radius 1 is 1.12 bits per heavy atom. The molecule has 118 valence electrons. The van der Waals surface area contributed by atoms with Gasteiger partial charge in [-0.05, 0) is 30.4 Å². The topological polar surface area (TPSA) is 53.3 Å². The molecule has 3 rings (SSSR count). The van der Waals surface area contributed by atoms with Gasteiger partial charge in [0.05, 0.1) is 12.5 Å². The molecule has 0 N–H and O–H groups in total. The molecule has 3 aromatic rings. The quantitative estimate of drug-likeness (QED) is 0.608. The predicted molar refractivity (Wildman–Crippen MR) is 89.1 cm³/mol. The van der Waals surface area contributed by atoms with Gasteiger partial charge in [0.2, 0.25) is 0 Å². The molecule has 0 aliphatic rings. The van der Waals surface area contributed by atoms with E-state index in [2.05, 4.69) is 16.3 Å². The number of esters is 1. The Morgan fingerprint density at radius 3 is 2.50 bits per heavy atom. The van der Waals surface area contributed by atoms with Crippen molar-refractivity contribution in [3.05, 3.63) is 65.9 Å². The fourth-order valence-corrected chi connectivity index (χ4v) is 3.15. The molecule has 1 atom stereocenters. The second kappa shape index (κ2) is 8.04. The van der Waals surface area contributed by atoms with Crippen LogP contribution >= 0.6 is 0 Å². The van der Waals surface area contributed by atoms with Crippen molar-refractivity contribution in [1.82, 2.24) is 10.2 Å². The van der Waals surface area contributed by atoms with Gasteiger partial charge in [-0.1, -0.05) is 48.5 Å². The molecule has 0 radical (unpaired) electrons. The Labute approximate surface area is 190 Å². The van der Waals surface area contributed by atoms with Crippen molar-refractivity contribution >= 4 is 16.9 Å². The van der Waals surface area contributed by atoms with Crippen molar-refractivity contribution in [2.24, 2.45) is 5.41 Å². The molecule has 5 heteroatoms. The summed E-state index contributed by atoms with van der Waals surface area (Å²) in [6, 6.07) is 16.0. The zero-order valence-electron chi connectivity index (χ0n) is 14.5. The Hall–Kier alpha value is -0.815. The normalized spacial score (nSPS) is 12.5. The van der Waals surface area contributed by atoms with Crippen LogP contribution in [0.1, 0.15) is 30.9 Å². The predicted octanol–water partition coefficient (Wildman–Crippen LogP) is 0.527. The van der Waals surface area contributed by atoms with E-state index in [1.54, 1.807) is 6.20 Å². The number of carbonyl (C=O) groups is 1. The van der Waals surface area contributed by atoms with Crippen molar-refractivity contribution in [3.8, 4) is 0 Å². The molecule has 1 unspecified atom stereocenters. The van der Waals surface area contributed by atoms with E-state index in [9.17, 15) is 4.79 Å². The third-order valence-corrected chi connectivity index (χ3v) is 4.31. The maximum atomic E-state index is 12.4. The number of hydrogen-bond acceptors (Lipinski definition) is 3. The van der Waals surface area contributed by atoms with E-state index in [-0.39, 0.29) is 70.1 Å². The van der Waals surface area contributed by atoms with Crippen LogP contribution in [-0.4, -0.2) is 18.2 Å². The average Bonchev–Trinajstić information content (AvgIpc) is 3.02. The number of hydrogen-bond donors (Lipinski definition) is 0. The molecule has 0 saturated carbocycles. The molecule has 1 heterocycles. The Bertz CT molecular complexity index is 828. The minimum absolute atomic E-state index is 0. The molecule has 4 nitrogen and oxygen atoms in total. The first-order chi connectivity index (χ1) is 11.0. The second-order valence-electron chi connectivity index (χ2n) is 6.22. The zero-order chi connectivity index (χ0) is 16.4. The maximum absolute atomic E-state index is 12.4. The number of aromatic nitrogens is 2. The van der Waals surface area contributed by atoms with Gasteiger partial charge in [-0.15, -0.1) is 5.52 Å². The van der Waals surface area contributed by atoms with Crippen LogP contribution in [0.4, 0.5) is 0 Å². The van der Waals surface area contributed by atoms with Gasteiger partial charge in [-0.3, -0.25) is 4.79 Å². The van der Waals surface area contributed by atoms with Crippen molar-refractivity contribution < 1.29 is 67.7 Å². The fraction of sp³-hybridized carbons (Fsp3) is 0.263. The summed E-state index contributed by atoms with van der Waals surface area (Å²) in [6.07, 6.45) is 1.74. The molecule has 0 bridgehead atoms. The van der Waals surface area contributed by atoms with Gasteiger partial charge in [0.15, 0.2) is 0 Å². The summed E-state index contributed by atoms with van der Waals surface area (Å²) in [5.41, 5.74) is 2.29. The first-order valence-corrected chi connectivity index (χ1v) is 7.55. The number of carbonyl (C=O) groups excluding carboxylic acids is 1. The molecular formula is C19H19N2O2Rb. The molecule has 24 heavy (non-hydrogen) atoms. The van der Waals surface area contributed by atoms with Crippen LogP contribution in [0.5, 0.6) is 0 Å². The van der Waals surface area contributed by atoms with Gasteiger partial charge in [0.1, 0.15) is 0 Å². The first-order valence-electron chi connectivity index (χ1n) is 7.55. The third-order valence-electron chi connectivity index (χ3n) is 4.31. The summed E-state index contributed by atoms with van der Waals surface area (Å²) in [6.45, 7) is 3.84. The molecule has 0 spiro atoms. The summed E-state index contributed by atoms with van der Waals surface area (Å²) >= 11 is 0. The number of methoxy groups -OCH3 is 1. The minimum atomic E-state index is -0.697. The number of ether oxygens (including phenoxy) is 1. The van der Waals surface area contributed by atoms with E-state index >= 15 is 0 Å². The Kier molecular flexibility index (Phi) is 6.54. The molecule has 0 aliphatic carbocycles. The van der Waals surface area contributed by atoms with E-state index < -0.39 is 5.41 Å². The molecule has 0 aliphatic heterocycles. The zero-order valence-corrected chi connectivity index (χ0v) is 19.4. The number of fused-ring (bicyclic) bond motifs is 1. The Morgan fingerprint density at radius 2 is 1.83 bits per heavy atom. The van der Waals surface area contributed by atoms with Crippen LogP contribution in [0.25, 0.3) is 10.9 Å². The van der Waals surface area contributed by atoms with Crippen molar-refractivity contribution in [2.75, 3.05) is 7.11 Å². The fourth-order valence-electron chi connectivity index (χ4n) is 3.15. The van der Waals surface area contributed by atoms with E-state index in [1.807, 2.05) is 56.3 Å². The monoisotopic (exact) mass is 392 g/mol. The van der Waals surface area contributed by atoms with Crippen molar-refractivity contribution in [3.63, 3.8) is 0 Å². The molecule has 0 fully saturated rings. The molecule has 0 saturated heterocycles. The summed E-state index contributed by atoms with van der Waals surface area (Å²) in [5.74, 6) is -0.347. The SMILES string of the molecule is COC(=O)C(C)(C)C(c1ccccc1)c1ccc2[n-]ncc2c1.[Rb+]. The van der Waals surface area contributed by atoms with E-state index in [1.165, 1.54) is 7.11 Å². The van der Waals surface area contributed by atoms with Crippen LogP contribution in [-0.2, 0) is 9.53 Å². The summed E-state index contributed by atoms with van der Waals surface area (Å²) in [5, 5.41) is 8.99. The molecule has 0 amide bonds. The van der Waals surface area contributed by atoms with Gasteiger partial charge < -0.3 is 14.9 Å². The van der Waals surface area contributed by atoms with Gasteiger partial charge >= 0.3 is 64.2 Å². The molecular weight excluding hydrogens is 374 g/mol. The van der Waals surface area contributed by atoms with Gasteiger partial charge in [-0.25, -0.2) is 0 Å². The van der Waals surface area contributed by atoms with Crippen LogP contribution in [0.2, 0.25) is 0 Å². The summed E-state index contributed by atoms with van der Waals surface area (Å²) in [4.78, 5) is 12.4. The van der Waals surface area contributed by atoms with E-state index in [4.69, 9.17) is 4.74 Å². The standard InChI is InChI=1S/C19H19N2O2.Rb/c1-19(2,18(22)23-3)17(13-7-5-4-6-8-13)14-9-10-16-15(11-14)12-20-21-16;/h4-12,17H,1-3H3;/q-1;+1. The van der Waals surface area contributed by atoms with E-state index in [0.29, 0.717) is 0 Å². The molecule has 1 aromatic heterocycles. The molecule has 2 aromatic carbocycles. The first kappa shape index (κ1) is 19.5. The van der Waals surface area contributed by atoms with Gasteiger partial charge in [0, 0.05) is 12.1 Å². The van der Waals surface area contributed by atoms with Crippen molar-refractivity contribution in [1.29, 1.82) is 0 Å². The summed E-state index contributed by atoms with van der Waals surface area (Å²) < 4.78 is 5.05. The van der Waals surface area contributed by atoms with Crippen molar-refractivity contribution in [2.45, 2.75) is 19.8 Å². The Balaban J connectivity index is 0.00000208. The number of benzene rings is 2. The second-order valence-corrected chi connectivity index (χ2v) is 6.22. The summed E-state index contributed by atoms with van der Waals surface area (Å²) in [7, 11) is 1.43. The maximum Gasteiger partial charge on any atom is 1.00 e. The van der Waals surface area contributed by atoms with Gasteiger partial charge in [-0.2, -0.15) is 0 Å². The van der Waals surface area contributed by atoms with Crippen LogP contribution < -0.4 is 63.3 Å².